The van der Waals surface area contributed by atoms with Gasteiger partial charge in [0.2, 0.25) is 5.72 Å². The molecular formula is C25H22F4N2O5. The van der Waals surface area contributed by atoms with Crippen molar-refractivity contribution < 1.29 is 41.4 Å². The summed E-state index contributed by atoms with van der Waals surface area (Å²) in [5, 5.41) is 14.4. The zero-order valence-corrected chi connectivity index (χ0v) is 18.9. The third-order valence-corrected chi connectivity index (χ3v) is 5.74. The second-order valence-electron chi connectivity index (χ2n) is 8.27. The Labute approximate surface area is 203 Å². The third kappa shape index (κ3) is 4.78. The Hall–Kier alpha value is -3.86. The van der Waals surface area contributed by atoms with Gasteiger partial charge in [-0.15, -0.1) is 0 Å². The molecule has 2 aromatic carbocycles. The SMILES string of the molecule is CCCOc1ccc(C(=O)[C@H]2[C@H](c3ccc(-c4cccc(F)c4)o3)NC(=O)N[C@@]2(O)C(F)(F)F)cc1. The lowest BCUT2D eigenvalue weighted by atomic mass is 9.79. The summed E-state index contributed by atoms with van der Waals surface area (Å²) in [4.78, 5) is 25.6. The first kappa shape index (κ1) is 25.2. The highest BCUT2D eigenvalue weighted by atomic mass is 19.4. The summed E-state index contributed by atoms with van der Waals surface area (Å²) in [6, 6.07) is 10.3. The average molecular weight is 506 g/mol. The zero-order valence-electron chi connectivity index (χ0n) is 18.9. The van der Waals surface area contributed by atoms with Crippen molar-refractivity contribution in [2.75, 3.05) is 6.61 Å². The predicted molar refractivity (Wildman–Crippen MR) is 120 cm³/mol. The lowest BCUT2D eigenvalue weighted by Crippen LogP contribution is -2.72. The molecule has 0 unspecified atom stereocenters. The van der Waals surface area contributed by atoms with Gasteiger partial charge in [0.15, 0.2) is 5.78 Å². The van der Waals surface area contributed by atoms with Gasteiger partial charge in [0.05, 0.1) is 6.61 Å². The number of hydrogen-bond acceptors (Lipinski definition) is 5. The highest BCUT2D eigenvalue weighted by Gasteiger charge is 2.66. The van der Waals surface area contributed by atoms with Crippen LogP contribution in [0.4, 0.5) is 22.4 Å². The molecule has 0 radical (unpaired) electrons. The first-order valence-corrected chi connectivity index (χ1v) is 11.0. The molecule has 0 bridgehead atoms. The molecule has 2 heterocycles. The number of nitrogens with one attached hydrogen (secondary N) is 2. The van der Waals surface area contributed by atoms with Crippen molar-refractivity contribution in [2.45, 2.75) is 31.3 Å². The predicted octanol–water partition coefficient (Wildman–Crippen LogP) is 4.98. The number of carbonyl (C=O) groups is 2. The number of aliphatic hydroxyl groups is 1. The lowest BCUT2D eigenvalue weighted by Gasteiger charge is -2.44. The number of alkyl halides is 3. The Kier molecular flexibility index (Phi) is 6.77. The molecule has 3 aromatic rings. The molecule has 36 heavy (non-hydrogen) atoms. The molecule has 7 nitrogen and oxygen atoms in total. The second-order valence-corrected chi connectivity index (χ2v) is 8.27. The van der Waals surface area contributed by atoms with Gasteiger partial charge in [-0.1, -0.05) is 19.1 Å². The van der Waals surface area contributed by atoms with E-state index in [4.69, 9.17) is 9.15 Å². The molecule has 0 spiro atoms. The highest BCUT2D eigenvalue weighted by molar-refractivity contribution is 6.00. The van der Waals surface area contributed by atoms with Crippen LogP contribution in [0.1, 0.15) is 35.5 Å². The van der Waals surface area contributed by atoms with Crippen molar-refractivity contribution in [1.82, 2.24) is 10.6 Å². The number of furan rings is 1. The van der Waals surface area contributed by atoms with Gasteiger partial charge in [0.25, 0.3) is 0 Å². The van der Waals surface area contributed by atoms with E-state index in [0.29, 0.717) is 12.4 Å². The van der Waals surface area contributed by atoms with Crippen LogP contribution in [0.5, 0.6) is 5.75 Å². The molecule has 1 saturated heterocycles. The van der Waals surface area contributed by atoms with Gasteiger partial charge >= 0.3 is 12.2 Å². The second kappa shape index (κ2) is 9.65. The number of ketones is 1. The number of hydrogen-bond donors (Lipinski definition) is 3. The standard InChI is InChI=1S/C25H22F4N2O5/c1-2-12-35-17-8-6-14(7-9-17)22(32)20-21(30-23(33)31-24(20,34)25(27,28)29)19-11-10-18(36-19)15-4-3-5-16(26)13-15/h3-11,13,20-21,34H,2,12H2,1H3,(H2,30,31,33)/t20-,21+,24+/m1/s1. The normalized spacial score (nSPS) is 22.0. The molecule has 1 fully saturated rings. The van der Waals surface area contributed by atoms with Gasteiger partial charge in [-0.2, -0.15) is 13.2 Å². The van der Waals surface area contributed by atoms with E-state index in [1.807, 2.05) is 6.92 Å². The summed E-state index contributed by atoms with van der Waals surface area (Å²) >= 11 is 0. The fraction of sp³-hybridized carbons (Fsp3) is 0.280. The van der Waals surface area contributed by atoms with Crippen LogP contribution in [0.2, 0.25) is 0 Å². The van der Waals surface area contributed by atoms with E-state index < -0.39 is 41.5 Å². The Morgan fingerprint density at radius 3 is 2.50 bits per heavy atom. The van der Waals surface area contributed by atoms with E-state index in [2.05, 4.69) is 5.32 Å². The van der Waals surface area contributed by atoms with Crippen LogP contribution in [-0.4, -0.2) is 35.4 Å². The van der Waals surface area contributed by atoms with Crippen molar-refractivity contribution in [3.05, 3.63) is 77.8 Å². The Morgan fingerprint density at radius 2 is 1.86 bits per heavy atom. The quantitative estimate of drug-likeness (QED) is 0.310. The summed E-state index contributed by atoms with van der Waals surface area (Å²) in [6.07, 6.45) is -4.68. The molecular weight excluding hydrogens is 484 g/mol. The van der Waals surface area contributed by atoms with Crippen molar-refractivity contribution >= 4 is 11.8 Å². The maximum Gasteiger partial charge on any atom is 0.437 e. The van der Waals surface area contributed by atoms with Crippen molar-refractivity contribution in [3.8, 4) is 17.1 Å². The molecule has 0 aliphatic carbocycles. The largest absolute Gasteiger partial charge is 0.494 e. The number of amides is 2. The van der Waals surface area contributed by atoms with Crippen LogP contribution in [-0.2, 0) is 0 Å². The van der Waals surface area contributed by atoms with Crippen molar-refractivity contribution in [1.29, 1.82) is 0 Å². The van der Waals surface area contributed by atoms with Gasteiger partial charge in [-0.3, -0.25) is 4.79 Å². The van der Waals surface area contributed by atoms with E-state index in [-0.39, 0.29) is 22.6 Å². The number of rotatable bonds is 7. The van der Waals surface area contributed by atoms with Crippen molar-refractivity contribution in [3.63, 3.8) is 0 Å². The van der Waals surface area contributed by atoms with Crippen LogP contribution in [0, 0.1) is 11.7 Å². The summed E-state index contributed by atoms with van der Waals surface area (Å²) in [5.41, 5.74) is -3.76. The summed E-state index contributed by atoms with van der Waals surface area (Å²) in [7, 11) is 0. The van der Waals surface area contributed by atoms with Crippen molar-refractivity contribution in [2.24, 2.45) is 5.92 Å². The van der Waals surface area contributed by atoms with Crippen LogP contribution < -0.4 is 15.4 Å². The minimum Gasteiger partial charge on any atom is -0.494 e. The number of Topliss-reactive ketones (excluding diaryl/α,β-unsaturated/α-hetero) is 1. The molecule has 11 heteroatoms. The first-order chi connectivity index (χ1) is 17.0. The first-order valence-electron chi connectivity index (χ1n) is 11.0. The van der Waals surface area contributed by atoms with Crippen LogP contribution in [0.3, 0.4) is 0 Å². The van der Waals surface area contributed by atoms with Gasteiger partial charge in [0.1, 0.15) is 35.0 Å². The molecule has 4 rings (SSSR count). The third-order valence-electron chi connectivity index (χ3n) is 5.74. The topological polar surface area (TPSA) is 101 Å². The van der Waals surface area contributed by atoms with E-state index >= 15 is 0 Å². The molecule has 1 aromatic heterocycles. The number of halogens is 4. The molecule has 1 aliphatic heterocycles. The number of ether oxygens (including phenoxy) is 1. The average Bonchev–Trinajstić information content (AvgIpc) is 3.32. The van der Waals surface area contributed by atoms with Crippen LogP contribution in [0.25, 0.3) is 11.3 Å². The number of benzene rings is 2. The lowest BCUT2D eigenvalue weighted by molar-refractivity contribution is -0.288. The molecule has 3 N–H and O–H groups in total. The maximum atomic E-state index is 14.1. The maximum absolute atomic E-state index is 14.1. The van der Waals surface area contributed by atoms with Gasteiger partial charge in [-0.25, -0.2) is 9.18 Å². The van der Waals surface area contributed by atoms with Gasteiger partial charge in [-0.05, 0) is 55.0 Å². The minimum atomic E-state index is -5.41. The van der Waals surface area contributed by atoms with Crippen LogP contribution >= 0.6 is 0 Å². The smallest absolute Gasteiger partial charge is 0.437 e. The van der Waals surface area contributed by atoms with E-state index in [0.717, 1.165) is 12.5 Å². The highest BCUT2D eigenvalue weighted by Crippen LogP contribution is 2.44. The van der Waals surface area contributed by atoms with Gasteiger partial charge < -0.3 is 24.9 Å². The number of urea groups is 1. The van der Waals surface area contributed by atoms with E-state index in [1.165, 1.54) is 59.9 Å². The Morgan fingerprint density at radius 1 is 1.14 bits per heavy atom. The zero-order chi connectivity index (χ0) is 26.1. The summed E-state index contributed by atoms with van der Waals surface area (Å²) < 4.78 is 67.0. The number of carbonyl (C=O) groups excluding carboxylic acids is 2. The van der Waals surface area contributed by atoms with E-state index in [1.54, 1.807) is 0 Å². The Bertz CT molecular complexity index is 1260. The Balaban J connectivity index is 1.75. The molecule has 2 amide bonds. The van der Waals surface area contributed by atoms with E-state index in [9.17, 15) is 32.3 Å². The molecule has 0 saturated carbocycles. The molecule has 1 aliphatic rings. The monoisotopic (exact) mass is 506 g/mol. The summed E-state index contributed by atoms with van der Waals surface area (Å²) in [5.74, 6) is -3.64. The molecule has 3 atom stereocenters. The molecule has 190 valence electrons. The van der Waals surface area contributed by atoms with Gasteiger partial charge in [0, 0.05) is 11.1 Å². The minimum absolute atomic E-state index is 0.0939. The van der Waals surface area contributed by atoms with Crippen LogP contribution in [0.15, 0.2) is 65.1 Å². The summed E-state index contributed by atoms with van der Waals surface area (Å²) in [6.45, 7) is 2.31. The fourth-order valence-electron chi connectivity index (χ4n) is 4.01. The fourth-order valence-corrected chi connectivity index (χ4v) is 4.01.